The lowest BCUT2D eigenvalue weighted by molar-refractivity contribution is 0.381. The predicted molar refractivity (Wildman–Crippen MR) is 125 cm³/mol. The fourth-order valence-corrected chi connectivity index (χ4v) is 3.76. The van der Waals surface area contributed by atoms with E-state index >= 15 is 0 Å². The largest absolute Gasteiger partial charge is 0.368 e. The highest BCUT2D eigenvalue weighted by molar-refractivity contribution is 7.80. The standard InChI is InChI=1S/C21H19Cl2N5S/c22-18-8-7-17(13-19(18)23)27-9-11-28(12-10-27)21(29)26-24-14-16-6-5-15-3-1-2-4-20(15)25-16/h1-8,13-14H,9-12H2,(H,26,29)/b24-14-. The van der Waals surface area contributed by atoms with Crippen molar-refractivity contribution in [1.82, 2.24) is 15.3 Å². The molecular formula is C21H19Cl2N5S. The molecule has 0 spiro atoms. The number of rotatable bonds is 3. The summed E-state index contributed by atoms with van der Waals surface area (Å²) < 4.78 is 0. The van der Waals surface area contributed by atoms with Gasteiger partial charge < -0.3 is 9.80 Å². The van der Waals surface area contributed by atoms with Crippen LogP contribution in [0.25, 0.3) is 10.9 Å². The molecule has 0 bridgehead atoms. The molecule has 1 aliphatic rings. The normalized spacial score (nSPS) is 14.6. The van der Waals surface area contributed by atoms with Crippen LogP contribution in [0.2, 0.25) is 10.0 Å². The van der Waals surface area contributed by atoms with Gasteiger partial charge >= 0.3 is 0 Å². The van der Waals surface area contributed by atoms with Crippen molar-refractivity contribution in [3.8, 4) is 0 Å². The van der Waals surface area contributed by atoms with Gasteiger partial charge in [0.25, 0.3) is 0 Å². The monoisotopic (exact) mass is 443 g/mol. The van der Waals surface area contributed by atoms with Crippen LogP contribution in [0.1, 0.15) is 5.69 Å². The Morgan fingerprint density at radius 3 is 2.59 bits per heavy atom. The molecule has 2 heterocycles. The van der Waals surface area contributed by atoms with E-state index in [1.54, 1.807) is 6.21 Å². The minimum atomic E-state index is 0.568. The predicted octanol–water partition coefficient (Wildman–Crippen LogP) is 4.57. The van der Waals surface area contributed by atoms with Crippen molar-refractivity contribution in [1.29, 1.82) is 0 Å². The van der Waals surface area contributed by atoms with Crippen molar-refractivity contribution in [2.24, 2.45) is 5.10 Å². The molecule has 5 nitrogen and oxygen atoms in total. The van der Waals surface area contributed by atoms with Gasteiger partial charge in [-0.1, -0.05) is 47.5 Å². The Morgan fingerprint density at radius 1 is 1.00 bits per heavy atom. The van der Waals surface area contributed by atoms with Crippen LogP contribution in [0.4, 0.5) is 5.69 Å². The molecule has 1 saturated heterocycles. The molecule has 3 aromatic rings. The first kappa shape index (κ1) is 19.9. The molecule has 0 aliphatic carbocycles. The first-order valence-electron chi connectivity index (χ1n) is 9.24. The summed E-state index contributed by atoms with van der Waals surface area (Å²) in [4.78, 5) is 8.94. The Labute approximate surface area is 184 Å². The molecule has 29 heavy (non-hydrogen) atoms. The first-order valence-corrected chi connectivity index (χ1v) is 10.4. The SMILES string of the molecule is S=C(N/N=C\c1ccc2ccccc2n1)N1CCN(c2ccc(Cl)c(Cl)c2)CC1. The zero-order valence-corrected chi connectivity index (χ0v) is 17.9. The molecule has 0 radical (unpaired) electrons. The third-order valence-corrected chi connectivity index (χ3v) is 5.90. The van der Waals surface area contributed by atoms with Gasteiger partial charge in [0, 0.05) is 37.3 Å². The highest BCUT2D eigenvalue weighted by atomic mass is 35.5. The third-order valence-electron chi connectivity index (χ3n) is 4.81. The summed E-state index contributed by atoms with van der Waals surface area (Å²) in [6, 6.07) is 17.7. The maximum absolute atomic E-state index is 6.13. The van der Waals surface area contributed by atoms with Crippen LogP contribution in [0.3, 0.4) is 0 Å². The molecule has 2 aromatic carbocycles. The van der Waals surface area contributed by atoms with Gasteiger partial charge in [0.2, 0.25) is 0 Å². The van der Waals surface area contributed by atoms with Gasteiger partial charge in [0.05, 0.1) is 27.5 Å². The van der Waals surface area contributed by atoms with E-state index in [1.807, 2.05) is 54.6 Å². The molecule has 1 aromatic heterocycles. The number of anilines is 1. The number of hydrogen-bond donors (Lipinski definition) is 1. The minimum Gasteiger partial charge on any atom is -0.368 e. The van der Waals surface area contributed by atoms with E-state index in [0.29, 0.717) is 15.2 Å². The zero-order chi connectivity index (χ0) is 20.2. The topological polar surface area (TPSA) is 43.8 Å². The Morgan fingerprint density at radius 2 is 1.79 bits per heavy atom. The number of nitrogens with one attached hydrogen (secondary N) is 1. The van der Waals surface area contributed by atoms with Crippen LogP contribution in [0.15, 0.2) is 59.7 Å². The molecule has 0 saturated carbocycles. The second kappa shape index (κ2) is 8.95. The van der Waals surface area contributed by atoms with Crippen molar-refractivity contribution in [2.75, 3.05) is 31.1 Å². The molecule has 0 unspecified atom stereocenters. The van der Waals surface area contributed by atoms with E-state index < -0.39 is 0 Å². The quantitative estimate of drug-likeness (QED) is 0.364. The van der Waals surface area contributed by atoms with E-state index in [-0.39, 0.29) is 0 Å². The van der Waals surface area contributed by atoms with Crippen molar-refractivity contribution >= 4 is 63.3 Å². The molecule has 0 atom stereocenters. The highest BCUT2D eigenvalue weighted by Gasteiger charge is 2.19. The number of aromatic nitrogens is 1. The van der Waals surface area contributed by atoms with Crippen LogP contribution in [0, 0.1) is 0 Å². The molecule has 1 N–H and O–H groups in total. The average Bonchev–Trinajstić information content (AvgIpc) is 2.75. The number of hydrogen-bond acceptors (Lipinski definition) is 4. The van der Waals surface area contributed by atoms with Gasteiger partial charge in [0.15, 0.2) is 5.11 Å². The summed E-state index contributed by atoms with van der Waals surface area (Å²) in [6.07, 6.45) is 1.69. The molecule has 0 amide bonds. The van der Waals surface area contributed by atoms with Gasteiger partial charge in [-0.25, -0.2) is 4.98 Å². The smallest absolute Gasteiger partial charge is 0.189 e. The Bertz CT molecular complexity index is 1060. The Balaban J connectivity index is 1.31. The Hall–Kier alpha value is -2.41. The summed E-state index contributed by atoms with van der Waals surface area (Å²) in [5, 5.41) is 7.11. The van der Waals surface area contributed by atoms with E-state index in [4.69, 9.17) is 35.4 Å². The maximum atomic E-state index is 6.13. The van der Waals surface area contributed by atoms with Crippen molar-refractivity contribution in [2.45, 2.75) is 0 Å². The summed E-state index contributed by atoms with van der Waals surface area (Å²) in [5.74, 6) is 0. The van der Waals surface area contributed by atoms with Gasteiger partial charge in [0.1, 0.15) is 0 Å². The van der Waals surface area contributed by atoms with Gasteiger partial charge in [-0.15, -0.1) is 0 Å². The number of para-hydroxylation sites is 1. The number of halogens is 2. The van der Waals surface area contributed by atoms with Gasteiger partial charge in [-0.2, -0.15) is 5.10 Å². The number of pyridine rings is 1. The fourth-order valence-electron chi connectivity index (χ4n) is 3.23. The molecule has 8 heteroatoms. The summed E-state index contributed by atoms with van der Waals surface area (Å²) in [5.41, 5.74) is 5.74. The number of thiocarbonyl (C=S) groups is 1. The lowest BCUT2D eigenvalue weighted by Gasteiger charge is -2.37. The van der Waals surface area contributed by atoms with Crippen LogP contribution in [-0.2, 0) is 0 Å². The highest BCUT2D eigenvalue weighted by Crippen LogP contribution is 2.27. The third kappa shape index (κ3) is 4.78. The molecule has 1 fully saturated rings. The first-order chi connectivity index (χ1) is 14.1. The van der Waals surface area contributed by atoms with Crippen molar-refractivity contribution in [3.05, 3.63) is 70.3 Å². The average molecular weight is 444 g/mol. The van der Waals surface area contributed by atoms with Crippen molar-refractivity contribution in [3.63, 3.8) is 0 Å². The summed E-state index contributed by atoms with van der Waals surface area (Å²) >= 11 is 17.6. The van der Waals surface area contributed by atoms with E-state index in [1.165, 1.54) is 0 Å². The second-order valence-corrected chi connectivity index (χ2v) is 7.88. The Kier molecular flexibility index (Phi) is 6.13. The summed E-state index contributed by atoms with van der Waals surface area (Å²) in [6.45, 7) is 3.29. The lowest BCUT2D eigenvalue weighted by atomic mass is 10.2. The number of piperazine rings is 1. The van der Waals surface area contributed by atoms with E-state index in [0.717, 1.165) is 48.5 Å². The van der Waals surface area contributed by atoms with Gasteiger partial charge in [-0.05, 0) is 42.5 Å². The van der Waals surface area contributed by atoms with Crippen LogP contribution in [0.5, 0.6) is 0 Å². The van der Waals surface area contributed by atoms with Crippen LogP contribution >= 0.6 is 35.4 Å². The molecule has 4 rings (SSSR count). The number of fused-ring (bicyclic) bond motifs is 1. The lowest BCUT2D eigenvalue weighted by Crippen LogP contribution is -2.51. The van der Waals surface area contributed by atoms with Crippen LogP contribution < -0.4 is 10.3 Å². The number of benzene rings is 2. The minimum absolute atomic E-state index is 0.568. The maximum Gasteiger partial charge on any atom is 0.189 e. The second-order valence-electron chi connectivity index (χ2n) is 6.68. The van der Waals surface area contributed by atoms with E-state index in [9.17, 15) is 0 Å². The molecule has 148 valence electrons. The summed E-state index contributed by atoms with van der Waals surface area (Å²) in [7, 11) is 0. The number of nitrogens with zero attached hydrogens (tertiary/aromatic N) is 4. The van der Waals surface area contributed by atoms with Crippen LogP contribution in [-0.4, -0.2) is 47.4 Å². The van der Waals surface area contributed by atoms with Crippen molar-refractivity contribution < 1.29 is 0 Å². The number of hydrazone groups is 1. The molecular weight excluding hydrogens is 425 g/mol. The zero-order valence-electron chi connectivity index (χ0n) is 15.6. The van der Waals surface area contributed by atoms with Gasteiger partial charge in [-0.3, -0.25) is 5.43 Å². The van der Waals surface area contributed by atoms with E-state index in [2.05, 4.69) is 25.3 Å². The molecule has 1 aliphatic heterocycles. The fraction of sp³-hybridized carbons (Fsp3) is 0.190.